The van der Waals surface area contributed by atoms with Crippen LogP contribution in [0, 0.1) is 6.92 Å². The first-order valence-corrected chi connectivity index (χ1v) is 12.5. The molecule has 1 saturated heterocycles. The van der Waals surface area contributed by atoms with E-state index in [1.807, 2.05) is 37.3 Å². The predicted molar refractivity (Wildman–Crippen MR) is 130 cm³/mol. The van der Waals surface area contributed by atoms with Gasteiger partial charge in [-0.15, -0.1) is 0 Å². The fourth-order valence-corrected chi connectivity index (χ4v) is 5.04. The third-order valence-electron chi connectivity index (χ3n) is 5.05. The second kappa shape index (κ2) is 9.74. The van der Waals surface area contributed by atoms with E-state index in [2.05, 4.69) is 0 Å². The molecule has 4 rings (SSSR count). The van der Waals surface area contributed by atoms with Crippen LogP contribution in [0.15, 0.2) is 82.6 Å². The summed E-state index contributed by atoms with van der Waals surface area (Å²) in [7, 11) is -2.71. The first-order chi connectivity index (χ1) is 16.3. The van der Waals surface area contributed by atoms with Crippen LogP contribution in [0.25, 0.3) is 6.08 Å². The Bertz CT molecular complexity index is 1370. The fraction of sp³-hybridized carbons (Fsp3) is 0.120. The van der Waals surface area contributed by atoms with E-state index in [1.54, 1.807) is 24.3 Å². The molecule has 34 heavy (non-hydrogen) atoms. The van der Waals surface area contributed by atoms with Gasteiger partial charge in [0.25, 0.3) is 11.1 Å². The topological polar surface area (TPSA) is 90.0 Å². The fourth-order valence-electron chi connectivity index (χ4n) is 3.27. The lowest BCUT2D eigenvalue weighted by Crippen LogP contribution is -2.27. The maximum atomic E-state index is 12.8. The van der Waals surface area contributed by atoms with Crippen molar-refractivity contribution in [3.63, 3.8) is 0 Å². The minimum atomic E-state index is -4.10. The van der Waals surface area contributed by atoms with E-state index in [1.165, 1.54) is 36.3 Å². The van der Waals surface area contributed by atoms with E-state index in [9.17, 15) is 18.0 Å². The summed E-state index contributed by atoms with van der Waals surface area (Å²) in [5, 5.41) is -0.368. The van der Waals surface area contributed by atoms with E-state index < -0.39 is 16.0 Å². The van der Waals surface area contributed by atoms with Crippen LogP contribution in [0.1, 0.15) is 16.7 Å². The first kappa shape index (κ1) is 23.6. The van der Waals surface area contributed by atoms with Crippen LogP contribution in [0.2, 0.25) is 0 Å². The Hall–Kier alpha value is -3.56. The van der Waals surface area contributed by atoms with Gasteiger partial charge in [-0.3, -0.25) is 14.5 Å². The molecule has 1 fully saturated rings. The molecule has 0 atom stereocenters. The Morgan fingerprint density at radius 3 is 2.32 bits per heavy atom. The number of hydrogen-bond acceptors (Lipinski definition) is 7. The number of rotatable bonds is 7. The number of carbonyl (C=O) groups is 2. The molecule has 7 nitrogen and oxygen atoms in total. The van der Waals surface area contributed by atoms with Crippen LogP contribution in [0.5, 0.6) is 11.5 Å². The van der Waals surface area contributed by atoms with E-state index in [-0.39, 0.29) is 33.1 Å². The average Bonchev–Trinajstić information content (AvgIpc) is 3.07. The van der Waals surface area contributed by atoms with Crippen molar-refractivity contribution in [2.24, 2.45) is 0 Å². The molecule has 0 saturated carbocycles. The average molecular weight is 496 g/mol. The highest BCUT2D eigenvalue weighted by atomic mass is 32.2. The summed E-state index contributed by atoms with van der Waals surface area (Å²) in [6, 6.07) is 20.1. The highest BCUT2D eigenvalue weighted by Gasteiger charge is 2.35. The molecule has 9 heteroatoms. The number of ether oxygens (including phenoxy) is 1. The summed E-state index contributed by atoms with van der Waals surface area (Å²) >= 11 is 0.831. The largest absolute Gasteiger partial charge is 0.493 e. The summed E-state index contributed by atoms with van der Waals surface area (Å²) in [5.74, 6) is -0.227. The molecule has 0 radical (unpaired) electrons. The van der Waals surface area contributed by atoms with E-state index in [4.69, 9.17) is 8.92 Å². The van der Waals surface area contributed by atoms with Gasteiger partial charge in [0.2, 0.25) is 0 Å². The lowest BCUT2D eigenvalue weighted by Gasteiger charge is -2.12. The number of nitrogens with zero attached hydrogens (tertiary/aromatic N) is 1. The molecule has 3 aromatic rings. The van der Waals surface area contributed by atoms with Crippen molar-refractivity contribution in [1.82, 2.24) is 4.90 Å². The van der Waals surface area contributed by atoms with Crippen molar-refractivity contribution in [3.05, 3.63) is 94.4 Å². The number of carbonyl (C=O) groups excluding carboxylic acids is 2. The molecule has 3 aromatic carbocycles. The lowest BCUT2D eigenvalue weighted by molar-refractivity contribution is -0.123. The predicted octanol–water partition coefficient (Wildman–Crippen LogP) is 5.01. The highest BCUT2D eigenvalue weighted by Crippen LogP contribution is 2.36. The van der Waals surface area contributed by atoms with Crippen molar-refractivity contribution in [1.29, 1.82) is 0 Å². The molecule has 0 aliphatic carbocycles. The van der Waals surface area contributed by atoms with Gasteiger partial charge in [-0.05, 0) is 60.2 Å². The molecule has 0 unspecified atom stereocenters. The zero-order chi connectivity index (χ0) is 24.3. The summed E-state index contributed by atoms with van der Waals surface area (Å²) in [4.78, 5) is 26.7. The van der Waals surface area contributed by atoms with Crippen molar-refractivity contribution in [2.75, 3.05) is 7.11 Å². The van der Waals surface area contributed by atoms with Gasteiger partial charge in [0, 0.05) is 0 Å². The van der Waals surface area contributed by atoms with Crippen LogP contribution >= 0.6 is 11.8 Å². The van der Waals surface area contributed by atoms with Gasteiger partial charge in [-0.2, -0.15) is 8.42 Å². The van der Waals surface area contributed by atoms with Crippen LogP contribution in [-0.2, 0) is 21.5 Å². The Kier molecular flexibility index (Phi) is 6.76. The summed E-state index contributed by atoms with van der Waals surface area (Å²) in [6.07, 6.45) is 1.53. The van der Waals surface area contributed by atoms with Crippen molar-refractivity contribution in [3.8, 4) is 11.5 Å². The number of benzene rings is 3. The molecular weight excluding hydrogens is 474 g/mol. The number of thioether (sulfide) groups is 1. The van der Waals surface area contributed by atoms with Gasteiger partial charge in [-0.1, -0.05) is 54.1 Å². The number of imide groups is 1. The maximum Gasteiger partial charge on any atom is 0.339 e. The van der Waals surface area contributed by atoms with Crippen LogP contribution < -0.4 is 8.92 Å². The van der Waals surface area contributed by atoms with Crippen LogP contribution in [0.3, 0.4) is 0 Å². The normalized spacial score (nSPS) is 15.1. The SMILES string of the molecule is COc1ccc(/C=C2\SC(=O)N(Cc3ccccc3)C2=O)cc1OS(=O)(=O)c1ccc(C)cc1. The second-order valence-electron chi connectivity index (χ2n) is 7.51. The van der Waals surface area contributed by atoms with E-state index in [0.717, 1.165) is 22.9 Å². The van der Waals surface area contributed by atoms with Gasteiger partial charge in [0.1, 0.15) is 4.90 Å². The van der Waals surface area contributed by atoms with Gasteiger partial charge in [0.05, 0.1) is 18.6 Å². The van der Waals surface area contributed by atoms with Crippen molar-refractivity contribution in [2.45, 2.75) is 18.4 Å². The van der Waals surface area contributed by atoms with Gasteiger partial charge < -0.3 is 8.92 Å². The molecule has 174 valence electrons. The molecule has 0 spiro atoms. The third kappa shape index (κ3) is 5.16. The lowest BCUT2D eigenvalue weighted by atomic mass is 10.1. The number of hydrogen-bond donors (Lipinski definition) is 0. The first-order valence-electron chi connectivity index (χ1n) is 10.3. The van der Waals surface area contributed by atoms with E-state index >= 15 is 0 Å². The molecule has 1 aliphatic rings. The molecular formula is C25H21NO6S2. The number of methoxy groups -OCH3 is 1. The Morgan fingerprint density at radius 2 is 1.65 bits per heavy atom. The minimum absolute atomic E-state index is 0.00703. The molecule has 0 bridgehead atoms. The zero-order valence-electron chi connectivity index (χ0n) is 18.4. The van der Waals surface area contributed by atoms with E-state index in [0.29, 0.717) is 5.56 Å². The standard InChI is InChI=1S/C25H21NO6S2/c1-17-8-11-20(12-9-17)34(29,30)32-22-14-19(10-13-21(22)31-2)15-23-24(27)26(25(28)33-23)16-18-6-4-3-5-7-18/h3-15H,16H2,1-2H3/b23-15-. The number of aryl methyl sites for hydroxylation is 1. The zero-order valence-corrected chi connectivity index (χ0v) is 20.1. The number of amides is 2. The smallest absolute Gasteiger partial charge is 0.339 e. The third-order valence-corrected chi connectivity index (χ3v) is 7.21. The molecule has 1 aliphatic heterocycles. The second-order valence-corrected chi connectivity index (χ2v) is 10.1. The van der Waals surface area contributed by atoms with Crippen molar-refractivity contribution >= 4 is 39.1 Å². The Labute approximate surface area is 202 Å². The molecule has 1 heterocycles. The van der Waals surface area contributed by atoms with Gasteiger partial charge >= 0.3 is 10.1 Å². The van der Waals surface area contributed by atoms with Gasteiger partial charge in [0.15, 0.2) is 11.5 Å². The van der Waals surface area contributed by atoms with Crippen LogP contribution in [0.4, 0.5) is 4.79 Å². The molecule has 2 amide bonds. The monoisotopic (exact) mass is 495 g/mol. The molecule has 0 N–H and O–H groups in total. The van der Waals surface area contributed by atoms with Crippen LogP contribution in [-0.4, -0.2) is 31.6 Å². The Balaban J connectivity index is 1.59. The minimum Gasteiger partial charge on any atom is -0.493 e. The quantitative estimate of drug-likeness (QED) is 0.336. The van der Waals surface area contributed by atoms with Crippen molar-refractivity contribution < 1.29 is 26.9 Å². The highest BCUT2D eigenvalue weighted by molar-refractivity contribution is 8.18. The Morgan fingerprint density at radius 1 is 0.941 bits per heavy atom. The molecule has 0 aromatic heterocycles. The summed E-state index contributed by atoms with van der Waals surface area (Å²) in [6.45, 7) is 2.03. The maximum absolute atomic E-state index is 12.8. The summed E-state index contributed by atoms with van der Waals surface area (Å²) < 4.78 is 36.1. The van der Waals surface area contributed by atoms with Gasteiger partial charge in [-0.25, -0.2) is 0 Å². The summed E-state index contributed by atoms with van der Waals surface area (Å²) in [5.41, 5.74) is 2.24.